The number of non-ortho nitro benzene ring substituents is 1. The monoisotopic (exact) mass is 357 g/mol. The van der Waals surface area contributed by atoms with E-state index in [4.69, 9.17) is 9.84 Å². The SMILES string of the molecule is O=[N+]([O-])c1ccc(Oc2cc(O)cc(O)c2-c2ccnn2CCO)cc1. The molecular weight excluding hydrogens is 342 g/mol. The van der Waals surface area contributed by atoms with Crippen LogP contribution < -0.4 is 4.74 Å². The summed E-state index contributed by atoms with van der Waals surface area (Å²) in [6.07, 6.45) is 1.51. The molecule has 0 radical (unpaired) electrons. The van der Waals surface area contributed by atoms with Gasteiger partial charge in [-0.2, -0.15) is 5.10 Å². The van der Waals surface area contributed by atoms with E-state index < -0.39 is 4.92 Å². The average molecular weight is 357 g/mol. The van der Waals surface area contributed by atoms with E-state index in [0.717, 1.165) is 6.07 Å². The van der Waals surface area contributed by atoms with Gasteiger partial charge in [-0.05, 0) is 18.2 Å². The van der Waals surface area contributed by atoms with Gasteiger partial charge in [0.15, 0.2) is 0 Å². The third-order valence-electron chi connectivity index (χ3n) is 3.63. The lowest BCUT2D eigenvalue weighted by atomic mass is 10.1. The van der Waals surface area contributed by atoms with Crippen LogP contribution in [-0.2, 0) is 6.54 Å². The van der Waals surface area contributed by atoms with Crippen LogP contribution >= 0.6 is 0 Å². The number of phenols is 2. The summed E-state index contributed by atoms with van der Waals surface area (Å²) in [6.45, 7) is 0.0612. The molecule has 2 aromatic carbocycles. The highest BCUT2D eigenvalue weighted by molar-refractivity contribution is 5.76. The van der Waals surface area contributed by atoms with Gasteiger partial charge in [0.2, 0.25) is 0 Å². The molecule has 9 nitrogen and oxygen atoms in total. The maximum Gasteiger partial charge on any atom is 0.269 e. The molecule has 3 N–H and O–H groups in total. The van der Waals surface area contributed by atoms with Crippen LogP contribution in [0.3, 0.4) is 0 Å². The number of benzene rings is 2. The summed E-state index contributed by atoms with van der Waals surface area (Å²) < 4.78 is 7.20. The Morgan fingerprint density at radius 1 is 1.15 bits per heavy atom. The quantitative estimate of drug-likeness (QED) is 0.456. The summed E-state index contributed by atoms with van der Waals surface area (Å²) in [4.78, 5) is 10.2. The number of hydrogen-bond acceptors (Lipinski definition) is 7. The molecule has 9 heteroatoms. The first-order valence-corrected chi connectivity index (χ1v) is 7.61. The number of aliphatic hydroxyl groups is 1. The largest absolute Gasteiger partial charge is 0.508 e. The Morgan fingerprint density at radius 3 is 2.54 bits per heavy atom. The Bertz CT molecular complexity index is 936. The van der Waals surface area contributed by atoms with Gasteiger partial charge in [0.05, 0.1) is 29.3 Å². The van der Waals surface area contributed by atoms with Crippen molar-refractivity contribution in [3.63, 3.8) is 0 Å². The van der Waals surface area contributed by atoms with Crippen LogP contribution in [0, 0.1) is 10.1 Å². The number of nitro benzene ring substituents is 1. The molecule has 0 spiro atoms. The smallest absolute Gasteiger partial charge is 0.269 e. The van der Waals surface area contributed by atoms with Gasteiger partial charge in [-0.1, -0.05) is 0 Å². The van der Waals surface area contributed by atoms with Crippen LogP contribution in [0.2, 0.25) is 0 Å². The van der Waals surface area contributed by atoms with Gasteiger partial charge in [0.1, 0.15) is 23.0 Å². The van der Waals surface area contributed by atoms with Crippen LogP contribution in [-0.4, -0.2) is 36.6 Å². The van der Waals surface area contributed by atoms with Crippen LogP contribution in [0.15, 0.2) is 48.7 Å². The van der Waals surface area contributed by atoms with Crippen LogP contribution in [0.1, 0.15) is 0 Å². The minimum atomic E-state index is -0.525. The summed E-state index contributed by atoms with van der Waals surface area (Å²) >= 11 is 0. The second-order valence-corrected chi connectivity index (χ2v) is 5.35. The number of hydrogen-bond donors (Lipinski definition) is 3. The highest BCUT2D eigenvalue weighted by Gasteiger charge is 2.18. The second kappa shape index (κ2) is 7.11. The summed E-state index contributed by atoms with van der Waals surface area (Å²) in [7, 11) is 0. The number of aromatic nitrogens is 2. The molecule has 0 unspecified atom stereocenters. The van der Waals surface area contributed by atoms with Crippen molar-refractivity contribution in [2.45, 2.75) is 6.54 Å². The molecule has 0 aliphatic carbocycles. The maximum absolute atomic E-state index is 10.7. The molecule has 0 fully saturated rings. The number of ether oxygens (including phenoxy) is 1. The van der Waals surface area contributed by atoms with E-state index in [1.54, 1.807) is 6.07 Å². The van der Waals surface area contributed by atoms with Gasteiger partial charge in [0, 0.05) is 30.5 Å². The lowest BCUT2D eigenvalue weighted by Crippen LogP contribution is -2.06. The molecule has 134 valence electrons. The fourth-order valence-electron chi connectivity index (χ4n) is 2.51. The van der Waals surface area contributed by atoms with Crippen molar-refractivity contribution in [3.8, 4) is 34.3 Å². The van der Waals surface area contributed by atoms with E-state index in [1.165, 1.54) is 41.2 Å². The zero-order chi connectivity index (χ0) is 18.7. The first kappa shape index (κ1) is 17.2. The number of rotatable bonds is 6. The molecular formula is C17H15N3O6. The molecule has 0 amide bonds. The first-order chi connectivity index (χ1) is 12.5. The third kappa shape index (κ3) is 3.42. The Labute approximate surface area is 147 Å². The summed E-state index contributed by atoms with van der Waals surface area (Å²) in [6, 6.07) is 9.49. The van der Waals surface area contributed by atoms with Gasteiger partial charge in [0.25, 0.3) is 5.69 Å². The van der Waals surface area contributed by atoms with Gasteiger partial charge in [-0.15, -0.1) is 0 Å². The number of aromatic hydroxyl groups is 2. The third-order valence-corrected chi connectivity index (χ3v) is 3.63. The molecule has 1 aromatic heterocycles. The van der Waals surface area contributed by atoms with Gasteiger partial charge < -0.3 is 20.1 Å². The Morgan fingerprint density at radius 2 is 1.88 bits per heavy atom. The van der Waals surface area contributed by atoms with Crippen molar-refractivity contribution < 1.29 is 25.0 Å². The van der Waals surface area contributed by atoms with Crippen molar-refractivity contribution >= 4 is 5.69 Å². The minimum Gasteiger partial charge on any atom is -0.508 e. The molecule has 1 heterocycles. The predicted octanol–water partition coefficient (Wildman–Crippen LogP) is 2.65. The number of nitro groups is 1. The van der Waals surface area contributed by atoms with Crippen molar-refractivity contribution in [3.05, 3.63) is 58.8 Å². The van der Waals surface area contributed by atoms with Crippen molar-refractivity contribution in [2.75, 3.05) is 6.61 Å². The predicted molar refractivity (Wildman–Crippen MR) is 91.2 cm³/mol. The van der Waals surface area contributed by atoms with Gasteiger partial charge in [-0.3, -0.25) is 14.8 Å². The van der Waals surface area contributed by atoms with E-state index in [2.05, 4.69) is 5.10 Å². The Kier molecular flexibility index (Phi) is 4.72. The summed E-state index contributed by atoms with van der Waals surface area (Å²) in [5.74, 6) is -0.0240. The summed E-state index contributed by atoms with van der Waals surface area (Å²) in [5.41, 5.74) is 0.665. The van der Waals surface area contributed by atoms with E-state index >= 15 is 0 Å². The van der Waals surface area contributed by atoms with Crippen LogP contribution in [0.5, 0.6) is 23.0 Å². The standard InChI is InChI=1S/C17H15N3O6/c21-8-7-19-14(5-6-18-19)17-15(23)9-12(22)10-16(17)26-13-3-1-11(2-4-13)20(24)25/h1-6,9-10,21-23H,7-8H2. The van der Waals surface area contributed by atoms with E-state index in [1.807, 2.05) is 0 Å². The number of phenolic OH excluding ortho intramolecular Hbond substituents is 2. The zero-order valence-corrected chi connectivity index (χ0v) is 13.4. The normalized spacial score (nSPS) is 10.7. The maximum atomic E-state index is 10.7. The van der Waals surface area contributed by atoms with E-state index in [0.29, 0.717) is 5.69 Å². The molecule has 0 atom stereocenters. The van der Waals surface area contributed by atoms with Crippen molar-refractivity contribution in [2.24, 2.45) is 0 Å². The Balaban J connectivity index is 2.03. The first-order valence-electron chi connectivity index (χ1n) is 7.61. The number of nitrogens with zero attached hydrogens (tertiary/aromatic N) is 3. The fraction of sp³-hybridized carbons (Fsp3) is 0.118. The molecule has 0 saturated heterocycles. The van der Waals surface area contributed by atoms with Gasteiger partial charge >= 0.3 is 0 Å². The number of aliphatic hydroxyl groups excluding tert-OH is 1. The molecule has 3 rings (SSSR count). The molecule has 0 saturated carbocycles. The highest BCUT2D eigenvalue weighted by Crippen LogP contribution is 2.42. The molecule has 26 heavy (non-hydrogen) atoms. The lowest BCUT2D eigenvalue weighted by molar-refractivity contribution is -0.384. The molecule has 0 bridgehead atoms. The lowest BCUT2D eigenvalue weighted by Gasteiger charge is -2.14. The van der Waals surface area contributed by atoms with Crippen molar-refractivity contribution in [1.82, 2.24) is 9.78 Å². The van der Waals surface area contributed by atoms with Crippen molar-refractivity contribution in [1.29, 1.82) is 0 Å². The van der Waals surface area contributed by atoms with E-state index in [-0.39, 0.29) is 47.4 Å². The topological polar surface area (TPSA) is 131 Å². The van der Waals surface area contributed by atoms with Crippen LogP contribution in [0.25, 0.3) is 11.3 Å². The minimum absolute atomic E-state index is 0.0858. The fourth-order valence-corrected chi connectivity index (χ4v) is 2.51. The van der Waals surface area contributed by atoms with Crippen LogP contribution in [0.4, 0.5) is 5.69 Å². The highest BCUT2D eigenvalue weighted by atomic mass is 16.6. The second-order valence-electron chi connectivity index (χ2n) is 5.35. The zero-order valence-electron chi connectivity index (χ0n) is 13.4. The van der Waals surface area contributed by atoms with Gasteiger partial charge in [-0.25, -0.2) is 0 Å². The Hall–Kier alpha value is -3.59. The molecule has 3 aromatic rings. The average Bonchev–Trinajstić information content (AvgIpc) is 3.03. The molecule has 0 aliphatic rings. The molecule has 0 aliphatic heterocycles. The van der Waals surface area contributed by atoms with E-state index in [9.17, 15) is 20.3 Å². The summed E-state index contributed by atoms with van der Waals surface area (Å²) in [5, 5.41) is 44.1.